The van der Waals surface area contributed by atoms with Gasteiger partial charge in [-0.1, -0.05) is 18.8 Å². The molecule has 0 fully saturated rings. The number of aryl methyl sites for hydroxylation is 1. The Bertz CT molecular complexity index is 650. The maximum atomic E-state index is 8.88. The van der Waals surface area contributed by atoms with Crippen molar-refractivity contribution in [3.63, 3.8) is 0 Å². The van der Waals surface area contributed by atoms with Gasteiger partial charge in [-0.15, -0.1) is 0 Å². The molecule has 2 rings (SSSR count). The molecular weight excluding hydrogens is 264 g/mol. The van der Waals surface area contributed by atoms with Gasteiger partial charge in [0, 0.05) is 24.4 Å². The predicted octanol–water partition coefficient (Wildman–Crippen LogP) is 2.24. The van der Waals surface area contributed by atoms with E-state index in [1.165, 1.54) is 0 Å². The summed E-state index contributed by atoms with van der Waals surface area (Å²) in [7, 11) is 1.65. The van der Waals surface area contributed by atoms with Crippen LogP contribution in [0, 0.1) is 11.8 Å². The van der Waals surface area contributed by atoms with Crippen LogP contribution in [0.5, 0.6) is 5.75 Å². The third-order valence-electron chi connectivity index (χ3n) is 3.23. The highest BCUT2D eigenvalue weighted by atomic mass is 16.5. The van der Waals surface area contributed by atoms with E-state index in [-0.39, 0.29) is 6.61 Å². The van der Waals surface area contributed by atoms with Crippen LogP contribution in [0.3, 0.4) is 0 Å². The Morgan fingerprint density at radius 2 is 2.24 bits per heavy atom. The Morgan fingerprint density at radius 1 is 1.38 bits per heavy atom. The molecule has 0 spiro atoms. The van der Waals surface area contributed by atoms with E-state index in [9.17, 15) is 0 Å². The normalized spacial score (nSPS) is 10.0. The van der Waals surface area contributed by atoms with Crippen LogP contribution >= 0.6 is 0 Å². The first-order valence-electron chi connectivity index (χ1n) is 7.05. The van der Waals surface area contributed by atoms with Gasteiger partial charge in [0.25, 0.3) is 0 Å². The number of hydrogen-bond acceptors (Lipinski definition) is 3. The molecule has 0 aliphatic carbocycles. The van der Waals surface area contributed by atoms with Gasteiger partial charge < -0.3 is 14.4 Å². The smallest absolute Gasteiger partial charge is 0.119 e. The SMILES string of the molecule is CCCc1nccn1Cc1cc(OC)ccc1C#CCO. The fourth-order valence-corrected chi connectivity index (χ4v) is 2.20. The molecule has 1 heterocycles. The minimum atomic E-state index is -0.141. The third kappa shape index (κ3) is 3.87. The van der Waals surface area contributed by atoms with Crippen molar-refractivity contribution in [1.82, 2.24) is 9.55 Å². The van der Waals surface area contributed by atoms with Gasteiger partial charge in [-0.05, 0) is 30.2 Å². The molecule has 0 aliphatic rings. The van der Waals surface area contributed by atoms with E-state index >= 15 is 0 Å². The Kier molecular flexibility index (Phi) is 5.42. The van der Waals surface area contributed by atoms with E-state index < -0.39 is 0 Å². The lowest BCUT2D eigenvalue weighted by Gasteiger charge is -2.11. The molecule has 1 aromatic carbocycles. The van der Waals surface area contributed by atoms with Gasteiger partial charge in [0.15, 0.2) is 0 Å². The summed E-state index contributed by atoms with van der Waals surface area (Å²) in [6.45, 7) is 2.70. The van der Waals surface area contributed by atoms with Gasteiger partial charge in [-0.3, -0.25) is 0 Å². The third-order valence-corrected chi connectivity index (χ3v) is 3.23. The van der Waals surface area contributed by atoms with Crippen molar-refractivity contribution in [3.05, 3.63) is 47.5 Å². The van der Waals surface area contributed by atoms with E-state index in [0.29, 0.717) is 6.54 Å². The molecule has 0 unspecified atom stereocenters. The summed E-state index contributed by atoms with van der Waals surface area (Å²) < 4.78 is 7.42. The molecule has 21 heavy (non-hydrogen) atoms. The van der Waals surface area contributed by atoms with Crippen molar-refractivity contribution in [2.45, 2.75) is 26.3 Å². The minimum absolute atomic E-state index is 0.141. The number of methoxy groups -OCH3 is 1. The van der Waals surface area contributed by atoms with E-state index in [0.717, 1.165) is 35.5 Å². The largest absolute Gasteiger partial charge is 0.497 e. The van der Waals surface area contributed by atoms with Crippen LogP contribution in [-0.4, -0.2) is 28.4 Å². The molecule has 0 aliphatic heterocycles. The summed E-state index contributed by atoms with van der Waals surface area (Å²) in [5.74, 6) is 7.56. The molecule has 4 nitrogen and oxygen atoms in total. The lowest BCUT2D eigenvalue weighted by molar-refractivity contribution is 0.350. The summed E-state index contributed by atoms with van der Waals surface area (Å²) in [5.41, 5.74) is 1.96. The monoisotopic (exact) mass is 284 g/mol. The van der Waals surface area contributed by atoms with Crippen LogP contribution in [0.4, 0.5) is 0 Å². The van der Waals surface area contributed by atoms with Gasteiger partial charge >= 0.3 is 0 Å². The topological polar surface area (TPSA) is 47.3 Å². The second-order valence-corrected chi connectivity index (χ2v) is 4.70. The summed E-state index contributed by atoms with van der Waals surface area (Å²) in [6, 6.07) is 5.79. The molecule has 0 saturated carbocycles. The Balaban J connectivity index is 2.34. The first-order valence-corrected chi connectivity index (χ1v) is 7.05. The number of aliphatic hydroxyl groups is 1. The van der Waals surface area contributed by atoms with E-state index in [1.54, 1.807) is 7.11 Å². The van der Waals surface area contributed by atoms with Crippen molar-refractivity contribution >= 4 is 0 Å². The second kappa shape index (κ2) is 7.51. The van der Waals surface area contributed by atoms with Crippen molar-refractivity contribution in [3.8, 4) is 17.6 Å². The van der Waals surface area contributed by atoms with E-state index in [2.05, 4.69) is 28.3 Å². The average Bonchev–Trinajstić information content (AvgIpc) is 2.93. The van der Waals surface area contributed by atoms with Crippen LogP contribution in [0.2, 0.25) is 0 Å². The van der Waals surface area contributed by atoms with Crippen LogP contribution in [0.15, 0.2) is 30.6 Å². The second-order valence-electron chi connectivity index (χ2n) is 4.70. The summed E-state index contributed by atoms with van der Waals surface area (Å²) in [4.78, 5) is 4.39. The fourth-order valence-electron chi connectivity index (χ4n) is 2.20. The van der Waals surface area contributed by atoms with Crippen LogP contribution < -0.4 is 4.74 Å². The van der Waals surface area contributed by atoms with Crippen molar-refractivity contribution in [1.29, 1.82) is 0 Å². The molecule has 0 atom stereocenters. The van der Waals surface area contributed by atoms with Crippen LogP contribution in [0.1, 0.15) is 30.3 Å². The Labute approximate surface area is 125 Å². The average molecular weight is 284 g/mol. The summed E-state index contributed by atoms with van der Waals surface area (Å²) >= 11 is 0. The van der Waals surface area contributed by atoms with Crippen molar-refractivity contribution in [2.75, 3.05) is 13.7 Å². The molecule has 0 radical (unpaired) electrons. The van der Waals surface area contributed by atoms with E-state index in [1.807, 2.05) is 30.6 Å². The number of nitrogens with zero attached hydrogens (tertiary/aromatic N) is 2. The van der Waals surface area contributed by atoms with Crippen molar-refractivity contribution < 1.29 is 9.84 Å². The first-order chi connectivity index (χ1) is 10.3. The zero-order chi connectivity index (χ0) is 15.1. The molecular formula is C17H20N2O2. The number of imidazole rings is 1. The molecule has 2 aromatic rings. The molecule has 0 saturated heterocycles. The molecule has 0 bridgehead atoms. The predicted molar refractivity (Wildman–Crippen MR) is 82.3 cm³/mol. The first kappa shape index (κ1) is 15.1. The highest BCUT2D eigenvalue weighted by molar-refractivity contribution is 5.45. The van der Waals surface area contributed by atoms with Gasteiger partial charge in [-0.25, -0.2) is 4.98 Å². The number of benzene rings is 1. The lowest BCUT2D eigenvalue weighted by atomic mass is 10.1. The number of hydrogen-bond donors (Lipinski definition) is 1. The maximum absolute atomic E-state index is 8.88. The standard InChI is InChI=1S/C17H20N2O2/c1-3-5-17-18-9-10-19(17)13-15-12-16(21-2)8-7-14(15)6-4-11-20/h7-10,12,20H,3,5,11,13H2,1-2H3. The van der Waals surface area contributed by atoms with E-state index in [4.69, 9.17) is 9.84 Å². The Morgan fingerprint density at radius 3 is 2.95 bits per heavy atom. The van der Waals surface area contributed by atoms with Gasteiger partial charge in [0.05, 0.1) is 13.7 Å². The van der Waals surface area contributed by atoms with Crippen LogP contribution in [0.25, 0.3) is 0 Å². The molecule has 1 aromatic heterocycles. The van der Waals surface area contributed by atoms with Gasteiger partial charge in [-0.2, -0.15) is 0 Å². The number of rotatable bonds is 5. The molecule has 0 amide bonds. The maximum Gasteiger partial charge on any atom is 0.119 e. The summed E-state index contributed by atoms with van der Waals surface area (Å²) in [6.07, 6.45) is 5.82. The van der Waals surface area contributed by atoms with Crippen LogP contribution in [-0.2, 0) is 13.0 Å². The molecule has 110 valence electrons. The van der Waals surface area contributed by atoms with Gasteiger partial charge in [0.1, 0.15) is 18.2 Å². The molecule has 1 N–H and O–H groups in total. The highest BCUT2D eigenvalue weighted by Gasteiger charge is 2.07. The quantitative estimate of drug-likeness (QED) is 0.857. The molecule has 4 heteroatoms. The zero-order valence-corrected chi connectivity index (χ0v) is 12.5. The zero-order valence-electron chi connectivity index (χ0n) is 12.5. The fraction of sp³-hybridized carbons (Fsp3) is 0.353. The summed E-state index contributed by atoms with van der Waals surface area (Å²) in [5, 5.41) is 8.88. The minimum Gasteiger partial charge on any atom is -0.497 e. The number of aliphatic hydroxyl groups excluding tert-OH is 1. The van der Waals surface area contributed by atoms with Crippen molar-refractivity contribution in [2.24, 2.45) is 0 Å². The highest BCUT2D eigenvalue weighted by Crippen LogP contribution is 2.19. The number of ether oxygens (including phenoxy) is 1. The number of aromatic nitrogens is 2. The lowest BCUT2D eigenvalue weighted by Crippen LogP contribution is -2.06. The Hall–Kier alpha value is -2.25. The van der Waals surface area contributed by atoms with Gasteiger partial charge in [0.2, 0.25) is 0 Å².